The molecule has 0 bridgehead atoms. The Balaban J connectivity index is 1.22. The van der Waals surface area contributed by atoms with Gasteiger partial charge in [0, 0.05) is 22.4 Å². The second kappa shape index (κ2) is 11.5. The number of hydrogen-bond acceptors (Lipinski definition) is 2. The highest BCUT2D eigenvalue weighted by Crippen LogP contribution is 2.38. The Hall–Kier alpha value is -6.00. The van der Waals surface area contributed by atoms with E-state index in [1.54, 1.807) is 6.07 Å². The zero-order chi connectivity index (χ0) is 31.0. The zero-order valence-electron chi connectivity index (χ0n) is 25.0. The van der Waals surface area contributed by atoms with Crippen LogP contribution in [-0.4, -0.2) is 17.5 Å². The van der Waals surface area contributed by atoms with Crippen molar-refractivity contribution in [3.8, 4) is 56.3 Å². The van der Waals surface area contributed by atoms with E-state index in [0.717, 1.165) is 44.5 Å². The van der Waals surface area contributed by atoms with E-state index >= 15 is 0 Å². The van der Waals surface area contributed by atoms with Crippen LogP contribution in [0.15, 0.2) is 164 Å². The normalized spacial score (nSPS) is 11.2. The van der Waals surface area contributed by atoms with Crippen molar-refractivity contribution < 1.29 is 9.84 Å². The van der Waals surface area contributed by atoms with E-state index in [1.165, 1.54) is 16.3 Å². The van der Waals surface area contributed by atoms with Crippen molar-refractivity contribution in [2.24, 2.45) is 0 Å². The summed E-state index contributed by atoms with van der Waals surface area (Å²) in [6.45, 7) is 0. The smallest absolute Gasteiger partial charge is 0.130 e. The molecular weight excluding hydrogens is 561 g/mol. The number of rotatable bonds is 6. The SMILES string of the molecule is [B]c1cc(-c2cccc(-c3ccccc3)c2)ccc1Oc1cc(-c2ccccc2O)cc(-n2c3ccccc3c3ccccc32)c1. The second-order valence-corrected chi connectivity index (χ2v) is 11.4. The van der Waals surface area contributed by atoms with Gasteiger partial charge >= 0.3 is 0 Å². The number of aromatic nitrogens is 1. The fraction of sp³-hybridized carbons (Fsp3) is 0. The largest absolute Gasteiger partial charge is 0.507 e. The lowest BCUT2D eigenvalue weighted by molar-refractivity contribution is 0.477. The van der Waals surface area contributed by atoms with Crippen LogP contribution in [0.4, 0.5) is 0 Å². The van der Waals surface area contributed by atoms with E-state index in [1.807, 2.05) is 66.7 Å². The van der Waals surface area contributed by atoms with Crippen LogP contribution in [0.1, 0.15) is 0 Å². The highest BCUT2D eigenvalue weighted by atomic mass is 16.5. The summed E-state index contributed by atoms with van der Waals surface area (Å²) in [6.07, 6.45) is 0. The molecule has 0 saturated heterocycles. The lowest BCUT2D eigenvalue weighted by atomic mass is 9.90. The van der Waals surface area contributed by atoms with E-state index in [0.29, 0.717) is 17.0 Å². The summed E-state index contributed by atoms with van der Waals surface area (Å²) in [5.74, 6) is 1.38. The van der Waals surface area contributed by atoms with Crippen LogP contribution in [-0.2, 0) is 0 Å². The van der Waals surface area contributed by atoms with Crippen LogP contribution >= 0.6 is 0 Å². The number of aromatic hydroxyl groups is 1. The Morgan fingerprint density at radius 1 is 0.478 bits per heavy atom. The number of phenolic OH excluding ortho intramolecular Hbond substituents is 1. The summed E-state index contributed by atoms with van der Waals surface area (Å²) in [4.78, 5) is 0. The molecule has 0 aliphatic rings. The molecule has 1 aromatic heterocycles. The summed E-state index contributed by atoms with van der Waals surface area (Å²) in [5, 5.41) is 13.2. The standard InChI is InChI=1S/C42H28BNO2/c43-38-26-31(30-14-10-13-29(23-30)28-11-2-1-3-12-28)21-22-42(38)46-34-25-32(35-15-6-9-20-41(35)45)24-33(27-34)44-39-18-7-4-16-36(39)37-17-5-8-19-40(37)44/h1-27,45H. The van der Waals surface area contributed by atoms with Crippen molar-refractivity contribution in [2.45, 2.75) is 0 Å². The predicted molar refractivity (Wildman–Crippen MR) is 191 cm³/mol. The molecule has 0 aliphatic carbocycles. The van der Waals surface area contributed by atoms with Crippen molar-refractivity contribution in [3.05, 3.63) is 164 Å². The number of benzene rings is 7. The maximum atomic E-state index is 10.8. The minimum Gasteiger partial charge on any atom is -0.507 e. The van der Waals surface area contributed by atoms with Gasteiger partial charge in [-0.15, -0.1) is 0 Å². The molecular formula is C42H28BNO2. The van der Waals surface area contributed by atoms with Crippen molar-refractivity contribution in [1.82, 2.24) is 4.57 Å². The second-order valence-electron chi connectivity index (χ2n) is 11.4. The maximum Gasteiger partial charge on any atom is 0.130 e. The van der Waals surface area contributed by atoms with Crippen LogP contribution in [0.3, 0.4) is 0 Å². The third-order valence-electron chi connectivity index (χ3n) is 8.49. The molecule has 2 radical (unpaired) electrons. The molecule has 8 aromatic rings. The van der Waals surface area contributed by atoms with Crippen LogP contribution in [0.2, 0.25) is 0 Å². The first kappa shape index (κ1) is 27.5. The van der Waals surface area contributed by atoms with E-state index in [4.69, 9.17) is 12.6 Å². The molecule has 0 amide bonds. The van der Waals surface area contributed by atoms with Gasteiger partial charge in [0.2, 0.25) is 0 Å². The maximum absolute atomic E-state index is 10.8. The number of nitrogens with zero attached hydrogens (tertiary/aromatic N) is 1. The molecule has 0 aliphatic heterocycles. The molecule has 0 atom stereocenters. The lowest BCUT2D eigenvalue weighted by Crippen LogP contribution is -2.07. The molecule has 216 valence electrons. The highest BCUT2D eigenvalue weighted by Gasteiger charge is 2.16. The first-order valence-corrected chi connectivity index (χ1v) is 15.3. The van der Waals surface area contributed by atoms with Gasteiger partial charge in [-0.1, -0.05) is 121 Å². The molecule has 46 heavy (non-hydrogen) atoms. The number of para-hydroxylation sites is 3. The number of hydrogen-bond donors (Lipinski definition) is 1. The first-order valence-electron chi connectivity index (χ1n) is 15.3. The van der Waals surface area contributed by atoms with Gasteiger partial charge in [0.25, 0.3) is 0 Å². The Bertz CT molecular complexity index is 2320. The van der Waals surface area contributed by atoms with Gasteiger partial charge in [-0.3, -0.25) is 0 Å². The van der Waals surface area contributed by atoms with Gasteiger partial charge in [-0.2, -0.15) is 0 Å². The molecule has 0 unspecified atom stereocenters. The lowest BCUT2D eigenvalue weighted by Gasteiger charge is -2.16. The van der Waals surface area contributed by atoms with Crippen molar-refractivity contribution in [3.63, 3.8) is 0 Å². The summed E-state index contributed by atoms with van der Waals surface area (Å²) >= 11 is 0. The summed E-state index contributed by atoms with van der Waals surface area (Å²) in [7, 11) is 6.64. The van der Waals surface area contributed by atoms with Crippen LogP contribution in [0.5, 0.6) is 17.2 Å². The monoisotopic (exact) mass is 589 g/mol. The fourth-order valence-corrected chi connectivity index (χ4v) is 6.30. The predicted octanol–water partition coefficient (Wildman–Crippen LogP) is 10.1. The molecule has 1 heterocycles. The van der Waals surface area contributed by atoms with E-state index in [2.05, 4.69) is 95.6 Å². The fourth-order valence-electron chi connectivity index (χ4n) is 6.30. The molecule has 7 aromatic carbocycles. The van der Waals surface area contributed by atoms with Crippen molar-refractivity contribution in [2.75, 3.05) is 0 Å². The third kappa shape index (κ3) is 5.00. The van der Waals surface area contributed by atoms with E-state index in [-0.39, 0.29) is 5.75 Å². The summed E-state index contributed by atoms with van der Waals surface area (Å²) < 4.78 is 8.78. The molecule has 4 heteroatoms. The Morgan fingerprint density at radius 2 is 1.09 bits per heavy atom. The van der Waals surface area contributed by atoms with E-state index < -0.39 is 0 Å². The molecule has 3 nitrogen and oxygen atoms in total. The summed E-state index contributed by atoms with van der Waals surface area (Å²) in [5.41, 5.74) is 9.59. The Morgan fingerprint density at radius 3 is 1.80 bits per heavy atom. The van der Waals surface area contributed by atoms with Crippen LogP contribution < -0.4 is 10.2 Å². The quantitative estimate of drug-likeness (QED) is 0.196. The minimum atomic E-state index is 0.203. The number of fused-ring (bicyclic) bond motifs is 3. The van der Waals surface area contributed by atoms with Gasteiger partial charge < -0.3 is 14.4 Å². The van der Waals surface area contributed by atoms with Gasteiger partial charge in [0.1, 0.15) is 25.1 Å². The van der Waals surface area contributed by atoms with Crippen LogP contribution in [0, 0.1) is 0 Å². The Kier molecular flexibility index (Phi) is 6.88. The van der Waals surface area contributed by atoms with Gasteiger partial charge in [-0.05, 0) is 70.3 Å². The average Bonchev–Trinajstić information content (AvgIpc) is 3.44. The van der Waals surface area contributed by atoms with Gasteiger partial charge in [0.15, 0.2) is 0 Å². The van der Waals surface area contributed by atoms with Gasteiger partial charge in [0.05, 0.1) is 16.7 Å². The Labute approximate surface area is 269 Å². The number of ether oxygens (including phenoxy) is 1. The van der Waals surface area contributed by atoms with E-state index in [9.17, 15) is 5.11 Å². The molecule has 8 rings (SSSR count). The minimum absolute atomic E-state index is 0.203. The highest BCUT2D eigenvalue weighted by molar-refractivity contribution is 6.34. The summed E-state index contributed by atoms with van der Waals surface area (Å²) in [6, 6.07) is 55.0. The first-order chi connectivity index (χ1) is 22.6. The number of phenols is 1. The third-order valence-corrected chi connectivity index (χ3v) is 8.49. The molecule has 0 saturated carbocycles. The topological polar surface area (TPSA) is 34.4 Å². The zero-order valence-corrected chi connectivity index (χ0v) is 25.0. The molecule has 1 N–H and O–H groups in total. The van der Waals surface area contributed by atoms with Gasteiger partial charge in [-0.25, -0.2) is 0 Å². The van der Waals surface area contributed by atoms with Crippen molar-refractivity contribution >= 4 is 35.1 Å². The average molecular weight is 590 g/mol. The molecule has 0 spiro atoms. The van der Waals surface area contributed by atoms with Crippen LogP contribution in [0.25, 0.3) is 60.9 Å². The van der Waals surface area contributed by atoms with Crippen molar-refractivity contribution in [1.29, 1.82) is 0 Å². The molecule has 0 fully saturated rings.